The van der Waals surface area contributed by atoms with Crippen LogP contribution in [0.5, 0.6) is 0 Å². The number of carbonyl (C=O) groups is 1. The summed E-state index contributed by atoms with van der Waals surface area (Å²) in [5, 5.41) is 4.55. The molecular weight excluding hydrogens is 387 g/mol. The Labute approximate surface area is 164 Å². The number of nitrogens with two attached hydrogens (primary N) is 1. The van der Waals surface area contributed by atoms with E-state index in [0.29, 0.717) is 10.8 Å². The van der Waals surface area contributed by atoms with E-state index in [4.69, 9.17) is 22.3 Å². The van der Waals surface area contributed by atoms with Crippen LogP contribution in [-0.2, 0) is 6.42 Å². The second kappa shape index (κ2) is 7.25. The summed E-state index contributed by atoms with van der Waals surface area (Å²) in [5.41, 5.74) is 7.40. The van der Waals surface area contributed by atoms with E-state index in [0.717, 1.165) is 35.5 Å². The Kier molecular flexibility index (Phi) is 4.80. The predicted molar refractivity (Wildman–Crippen MR) is 105 cm³/mol. The average molecular weight is 403 g/mol. The van der Waals surface area contributed by atoms with Crippen LogP contribution < -0.4 is 11.1 Å². The zero-order chi connectivity index (χ0) is 19.0. The minimum Gasteiger partial charge on any atom is -0.366 e. The third-order valence-electron chi connectivity index (χ3n) is 4.48. The smallest absolute Gasteiger partial charge is 0.250 e. The van der Waals surface area contributed by atoms with Crippen molar-refractivity contribution in [2.24, 2.45) is 5.73 Å². The van der Waals surface area contributed by atoms with E-state index in [1.165, 1.54) is 29.3 Å². The molecule has 5 nitrogen and oxygen atoms in total. The molecule has 1 aromatic carbocycles. The summed E-state index contributed by atoms with van der Waals surface area (Å²) in [6.07, 6.45) is 4.29. The molecule has 0 saturated heterocycles. The Morgan fingerprint density at radius 3 is 2.81 bits per heavy atom. The molecular formula is C19H16ClFN4OS. The van der Waals surface area contributed by atoms with Crippen LogP contribution in [0.2, 0.25) is 5.02 Å². The summed E-state index contributed by atoms with van der Waals surface area (Å²) in [6, 6.07) is 7.84. The van der Waals surface area contributed by atoms with Gasteiger partial charge in [-0.3, -0.25) is 4.79 Å². The topological polar surface area (TPSA) is 80.9 Å². The van der Waals surface area contributed by atoms with Crippen LogP contribution in [0.1, 0.15) is 39.8 Å². The molecule has 1 aliphatic carbocycles. The molecule has 1 amide bonds. The minimum atomic E-state index is -0.570. The Hall–Kier alpha value is -2.51. The number of aryl methyl sites for hydroxylation is 1. The van der Waals surface area contributed by atoms with E-state index in [1.807, 2.05) is 0 Å². The second-order valence-corrected chi connectivity index (χ2v) is 7.83. The second-order valence-electron chi connectivity index (χ2n) is 6.34. The van der Waals surface area contributed by atoms with Gasteiger partial charge in [0.2, 0.25) is 5.91 Å². The van der Waals surface area contributed by atoms with Crippen LogP contribution in [0.3, 0.4) is 0 Å². The van der Waals surface area contributed by atoms with Crippen LogP contribution in [-0.4, -0.2) is 15.9 Å². The standard InChI is InChI=1S/C19H16ClFN4OS/c20-13-8-11(17(22)26)9-23-18(13)24-14-2-1-3-15-16(14)25-19(27-15)10-4-6-12(21)7-5-10/h4-9,14H,1-3H2,(H2,22,26)(H,23,24). The van der Waals surface area contributed by atoms with Crippen LogP contribution in [0.4, 0.5) is 10.2 Å². The van der Waals surface area contributed by atoms with Gasteiger partial charge in [-0.25, -0.2) is 14.4 Å². The number of primary amides is 1. The van der Waals surface area contributed by atoms with E-state index in [2.05, 4.69) is 10.3 Å². The fraction of sp³-hybridized carbons (Fsp3) is 0.211. The predicted octanol–water partition coefficient (Wildman–Crippen LogP) is 4.59. The van der Waals surface area contributed by atoms with Gasteiger partial charge in [-0.15, -0.1) is 11.3 Å². The molecule has 3 N–H and O–H groups in total. The van der Waals surface area contributed by atoms with Crippen LogP contribution in [0.15, 0.2) is 36.5 Å². The molecule has 1 aliphatic rings. The number of anilines is 1. The maximum absolute atomic E-state index is 13.2. The molecule has 2 aromatic heterocycles. The number of thiazole rings is 1. The van der Waals surface area contributed by atoms with Crippen molar-refractivity contribution in [1.82, 2.24) is 9.97 Å². The molecule has 0 bridgehead atoms. The van der Waals surface area contributed by atoms with Gasteiger partial charge in [-0.1, -0.05) is 11.6 Å². The molecule has 4 rings (SSSR count). The van der Waals surface area contributed by atoms with Gasteiger partial charge in [0.05, 0.1) is 22.3 Å². The van der Waals surface area contributed by atoms with E-state index in [1.54, 1.807) is 23.5 Å². The van der Waals surface area contributed by atoms with Gasteiger partial charge in [-0.2, -0.15) is 0 Å². The van der Waals surface area contributed by atoms with Crippen molar-refractivity contribution in [3.05, 3.63) is 63.5 Å². The van der Waals surface area contributed by atoms with Gasteiger partial charge >= 0.3 is 0 Å². The van der Waals surface area contributed by atoms with Crippen molar-refractivity contribution < 1.29 is 9.18 Å². The lowest BCUT2D eigenvalue weighted by molar-refractivity contribution is 0.1000. The SMILES string of the molecule is NC(=O)c1cnc(NC2CCCc3sc(-c4ccc(F)cc4)nc32)c(Cl)c1. The molecule has 8 heteroatoms. The van der Waals surface area contributed by atoms with Crippen molar-refractivity contribution in [2.75, 3.05) is 5.32 Å². The quantitative estimate of drug-likeness (QED) is 0.669. The monoisotopic (exact) mass is 402 g/mol. The van der Waals surface area contributed by atoms with E-state index in [9.17, 15) is 9.18 Å². The number of nitrogens with zero attached hydrogens (tertiary/aromatic N) is 2. The highest BCUT2D eigenvalue weighted by atomic mass is 35.5. The van der Waals surface area contributed by atoms with Gasteiger partial charge in [0.1, 0.15) is 16.6 Å². The first-order valence-electron chi connectivity index (χ1n) is 8.48. The molecule has 3 aromatic rings. The molecule has 27 heavy (non-hydrogen) atoms. The zero-order valence-corrected chi connectivity index (χ0v) is 15.8. The largest absolute Gasteiger partial charge is 0.366 e. The van der Waals surface area contributed by atoms with Gasteiger partial charge < -0.3 is 11.1 Å². The first kappa shape index (κ1) is 17.9. The van der Waals surface area contributed by atoms with Crippen LogP contribution in [0, 0.1) is 5.82 Å². The lowest BCUT2D eigenvalue weighted by Crippen LogP contribution is -2.18. The van der Waals surface area contributed by atoms with Crippen LogP contribution >= 0.6 is 22.9 Å². The number of halogens is 2. The number of fused-ring (bicyclic) bond motifs is 1. The van der Waals surface area contributed by atoms with E-state index in [-0.39, 0.29) is 17.4 Å². The molecule has 1 atom stereocenters. The maximum atomic E-state index is 13.2. The Balaban J connectivity index is 1.62. The molecule has 1 unspecified atom stereocenters. The number of rotatable bonds is 4. The van der Waals surface area contributed by atoms with Gasteiger partial charge in [-0.05, 0) is 49.6 Å². The molecule has 0 spiro atoms. The fourth-order valence-electron chi connectivity index (χ4n) is 3.12. The Morgan fingerprint density at radius 1 is 1.33 bits per heavy atom. The summed E-state index contributed by atoms with van der Waals surface area (Å²) in [4.78, 5) is 21.5. The highest BCUT2D eigenvalue weighted by molar-refractivity contribution is 7.15. The summed E-state index contributed by atoms with van der Waals surface area (Å²) >= 11 is 7.88. The summed E-state index contributed by atoms with van der Waals surface area (Å²) in [6.45, 7) is 0. The first-order valence-corrected chi connectivity index (χ1v) is 9.68. The lowest BCUT2D eigenvalue weighted by Gasteiger charge is -2.23. The van der Waals surface area contributed by atoms with E-state index >= 15 is 0 Å². The molecule has 2 heterocycles. The number of amides is 1. The number of nitrogens with one attached hydrogen (secondary N) is 1. The first-order chi connectivity index (χ1) is 13.0. The van der Waals surface area contributed by atoms with Crippen molar-refractivity contribution in [3.8, 4) is 10.6 Å². The molecule has 138 valence electrons. The average Bonchev–Trinajstić information content (AvgIpc) is 3.09. The molecule has 0 aliphatic heterocycles. The highest BCUT2D eigenvalue weighted by Gasteiger charge is 2.26. The van der Waals surface area contributed by atoms with Crippen LogP contribution in [0.25, 0.3) is 10.6 Å². The van der Waals surface area contributed by atoms with Gasteiger partial charge in [0.15, 0.2) is 0 Å². The number of carbonyl (C=O) groups excluding carboxylic acids is 1. The highest BCUT2D eigenvalue weighted by Crippen LogP contribution is 2.39. The van der Waals surface area contributed by atoms with Crippen molar-refractivity contribution in [2.45, 2.75) is 25.3 Å². The number of hydrogen-bond acceptors (Lipinski definition) is 5. The van der Waals surface area contributed by atoms with E-state index < -0.39 is 5.91 Å². The fourth-order valence-corrected chi connectivity index (χ4v) is 4.51. The number of hydrogen-bond donors (Lipinski definition) is 2. The summed E-state index contributed by atoms with van der Waals surface area (Å²) in [7, 11) is 0. The lowest BCUT2D eigenvalue weighted by atomic mass is 9.97. The third-order valence-corrected chi connectivity index (χ3v) is 5.95. The minimum absolute atomic E-state index is 0.0244. The summed E-state index contributed by atoms with van der Waals surface area (Å²) < 4.78 is 13.2. The van der Waals surface area contributed by atoms with Crippen molar-refractivity contribution in [1.29, 1.82) is 0 Å². The molecule has 0 saturated carbocycles. The number of aromatic nitrogens is 2. The third kappa shape index (κ3) is 3.65. The Morgan fingerprint density at radius 2 is 2.11 bits per heavy atom. The zero-order valence-electron chi connectivity index (χ0n) is 14.2. The molecule has 0 radical (unpaired) electrons. The maximum Gasteiger partial charge on any atom is 0.250 e. The molecule has 0 fully saturated rings. The van der Waals surface area contributed by atoms with Crippen molar-refractivity contribution >= 4 is 34.7 Å². The Bertz CT molecular complexity index is 1010. The van der Waals surface area contributed by atoms with Crippen molar-refractivity contribution in [3.63, 3.8) is 0 Å². The number of benzene rings is 1. The summed E-state index contributed by atoms with van der Waals surface area (Å²) in [5.74, 6) is -0.338. The van der Waals surface area contributed by atoms with Gasteiger partial charge in [0.25, 0.3) is 0 Å². The van der Waals surface area contributed by atoms with Gasteiger partial charge in [0, 0.05) is 16.6 Å². The normalized spacial score (nSPS) is 16.0. The number of pyridine rings is 1.